The number of aromatic nitrogens is 1. The van der Waals surface area contributed by atoms with Crippen molar-refractivity contribution in [2.45, 2.75) is 33.4 Å². The summed E-state index contributed by atoms with van der Waals surface area (Å²) in [7, 11) is 0. The topological polar surface area (TPSA) is 54.3 Å². The van der Waals surface area contributed by atoms with Crippen molar-refractivity contribution in [1.29, 1.82) is 0 Å². The number of hydrogen-bond donors (Lipinski definition) is 2. The Balaban J connectivity index is 1.63. The van der Waals surface area contributed by atoms with E-state index in [0.29, 0.717) is 18.8 Å². The quantitative estimate of drug-likeness (QED) is 0.327. The minimum absolute atomic E-state index is 0.353. The summed E-state index contributed by atoms with van der Waals surface area (Å²) in [5, 5.41) is 15.3. The number of para-hydroxylation sites is 1. The third-order valence-corrected chi connectivity index (χ3v) is 6.17. The van der Waals surface area contributed by atoms with Crippen LogP contribution in [0.25, 0.3) is 10.9 Å². The van der Waals surface area contributed by atoms with Crippen LogP contribution in [0.1, 0.15) is 38.3 Å². The molecule has 0 bridgehead atoms. The molecule has 2 N–H and O–H groups in total. The van der Waals surface area contributed by atoms with Crippen LogP contribution in [0.4, 0.5) is 0 Å². The molecule has 0 spiro atoms. The minimum Gasteiger partial charge on any atom is -0.477 e. The molecule has 0 atom stereocenters. The summed E-state index contributed by atoms with van der Waals surface area (Å²) < 4.78 is 1.94. The first-order valence-corrected chi connectivity index (χ1v) is 11.2. The SMILES string of the molecule is Cc1ccc(C)c(Cn2c(C(=O)O)c(CNCCc3ccc(Cl)cc3)c3ccccc32)c1. The van der Waals surface area contributed by atoms with E-state index in [1.54, 1.807) is 0 Å². The van der Waals surface area contributed by atoms with Gasteiger partial charge in [0.25, 0.3) is 0 Å². The monoisotopic (exact) mass is 446 g/mol. The van der Waals surface area contributed by atoms with Gasteiger partial charge in [0.05, 0.1) is 0 Å². The molecule has 0 aliphatic heterocycles. The van der Waals surface area contributed by atoms with E-state index in [9.17, 15) is 9.90 Å². The van der Waals surface area contributed by atoms with Gasteiger partial charge in [-0.2, -0.15) is 0 Å². The Morgan fingerprint density at radius 3 is 2.53 bits per heavy atom. The standard InChI is InChI=1S/C27H27ClN2O2/c1-18-7-8-19(2)21(15-18)17-30-25-6-4-3-5-23(25)24(26(30)27(31)32)16-29-14-13-20-9-11-22(28)12-10-20/h3-12,15,29H,13-14,16-17H2,1-2H3,(H,31,32). The van der Waals surface area contributed by atoms with Gasteiger partial charge in [0.2, 0.25) is 0 Å². The molecule has 0 fully saturated rings. The number of benzene rings is 3. The molecule has 0 saturated heterocycles. The summed E-state index contributed by atoms with van der Waals surface area (Å²) >= 11 is 5.96. The van der Waals surface area contributed by atoms with Crippen LogP contribution in [-0.2, 0) is 19.5 Å². The minimum atomic E-state index is -0.902. The molecule has 0 radical (unpaired) electrons. The van der Waals surface area contributed by atoms with E-state index >= 15 is 0 Å². The van der Waals surface area contributed by atoms with Crippen LogP contribution in [-0.4, -0.2) is 22.2 Å². The molecule has 0 aliphatic rings. The predicted octanol–water partition coefficient (Wildman–Crippen LogP) is 5.99. The molecule has 4 aromatic rings. The van der Waals surface area contributed by atoms with Crippen LogP contribution >= 0.6 is 11.6 Å². The summed E-state index contributed by atoms with van der Waals surface area (Å²) in [6.45, 7) is 5.90. The first kappa shape index (κ1) is 22.1. The molecule has 32 heavy (non-hydrogen) atoms. The Kier molecular flexibility index (Phi) is 6.63. The zero-order chi connectivity index (χ0) is 22.7. The first-order chi connectivity index (χ1) is 15.4. The van der Waals surface area contributed by atoms with Crippen molar-refractivity contribution in [2.75, 3.05) is 6.54 Å². The van der Waals surface area contributed by atoms with Gasteiger partial charge in [-0.25, -0.2) is 4.79 Å². The third-order valence-electron chi connectivity index (χ3n) is 5.92. The van der Waals surface area contributed by atoms with Crippen molar-refractivity contribution in [3.8, 4) is 0 Å². The lowest BCUT2D eigenvalue weighted by Gasteiger charge is -2.13. The number of aryl methyl sites for hydroxylation is 2. The summed E-state index contributed by atoms with van der Waals surface area (Å²) in [5.41, 5.74) is 6.78. The molecule has 164 valence electrons. The third kappa shape index (κ3) is 4.72. The number of carboxylic acids is 1. The van der Waals surface area contributed by atoms with Crippen molar-refractivity contribution < 1.29 is 9.90 Å². The van der Waals surface area contributed by atoms with E-state index in [1.807, 2.05) is 53.1 Å². The van der Waals surface area contributed by atoms with Gasteiger partial charge in [0.1, 0.15) is 5.69 Å². The number of rotatable bonds is 8. The highest BCUT2D eigenvalue weighted by Gasteiger charge is 2.22. The molecule has 1 heterocycles. The Bertz CT molecular complexity index is 1260. The van der Waals surface area contributed by atoms with E-state index in [1.165, 1.54) is 11.1 Å². The summed E-state index contributed by atoms with van der Waals surface area (Å²) in [6, 6.07) is 22.1. The fourth-order valence-corrected chi connectivity index (χ4v) is 4.33. The van der Waals surface area contributed by atoms with Gasteiger partial charge in [0, 0.05) is 34.6 Å². The van der Waals surface area contributed by atoms with Gasteiger partial charge in [-0.15, -0.1) is 0 Å². The number of nitrogens with zero attached hydrogens (tertiary/aromatic N) is 1. The molecular weight excluding hydrogens is 420 g/mol. The van der Waals surface area contributed by atoms with Crippen LogP contribution in [0.3, 0.4) is 0 Å². The number of carboxylic acid groups (broad SMARTS) is 1. The van der Waals surface area contributed by atoms with Crippen LogP contribution < -0.4 is 5.32 Å². The average molecular weight is 447 g/mol. The number of fused-ring (bicyclic) bond motifs is 1. The smallest absolute Gasteiger partial charge is 0.352 e. The van der Waals surface area contributed by atoms with E-state index in [-0.39, 0.29) is 0 Å². The largest absolute Gasteiger partial charge is 0.477 e. The molecule has 0 amide bonds. The first-order valence-electron chi connectivity index (χ1n) is 10.8. The Labute approximate surface area is 193 Å². The van der Waals surface area contributed by atoms with Crippen LogP contribution in [0, 0.1) is 13.8 Å². The lowest BCUT2D eigenvalue weighted by atomic mass is 10.1. The molecule has 4 rings (SSSR count). The second-order valence-corrected chi connectivity index (χ2v) is 8.66. The van der Waals surface area contributed by atoms with Crippen molar-refractivity contribution in [3.05, 3.63) is 105 Å². The maximum Gasteiger partial charge on any atom is 0.352 e. The number of aromatic carboxylic acids is 1. The number of carbonyl (C=O) groups is 1. The number of hydrogen-bond acceptors (Lipinski definition) is 2. The van der Waals surface area contributed by atoms with Crippen molar-refractivity contribution >= 4 is 28.5 Å². The number of nitrogens with one attached hydrogen (secondary N) is 1. The molecule has 0 saturated carbocycles. The van der Waals surface area contributed by atoms with E-state index in [4.69, 9.17) is 11.6 Å². The van der Waals surface area contributed by atoms with Crippen LogP contribution in [0.15, 0.2) is 66.7 Å². The normalized spacial score (nSPS) is 11.2. The van der Waals surface area contributed by atoms with Gasteiger partial charge >= 0.3 is 5.97 Å². The van der Waals surface area contributed by atoms with Gasteiger partial charge < -0.3 is 15.0 Å². The maximum absolute atomic E-state index is 12.4. The second-order valence-electron chi connectivity index (χ2n) is 8.22. The predicted molar refractivity (Wildman–Crippen MR) is 131 cm³/mol. The second kappa shape index (κ2) is 9.60. The zero-order valence-corrected chi connectivity index (χ0v) is 19.1. The molecule has 0 aliphatic carbocycles. The fraction of sp³-hybridized carbons (Fsp3) is 0.222. The molecule has 4 nitrogen and oxygen atoms in total. The zero-order valence-electron chi connectivity index (χ0n) is 18.4. The lowest BCUT2D eigenvalue weighted by molar-refractivity contribution is 0.0684. The summed E-state index contributed by atoms with van der Waals surface area (Å²) in [4.78, 5) is 12.4. The van der Waals surface area contributed by atoms with Crippen molar-refractivity contribution in [1.82, 2.24) is 9.88 Å². The highest BCUT2D eigenvalue weighted by Crippen LogP contribution is 2.28. The van der Waals surface area contributed by atoms with Crippen LogP contribution in [0.2, 0.25) is 5.02 Å². The Morgan fingerprint density at radius 2 is 1.78 bits per heavy atom. The Morgan fingerprint density at radius 1 is 1.03 bits per heavy atom. The fourth-order valence-electron chi connectivity index (χ4n) is 4.20. The van der Waals surface area contributed by atoms with Gasteiger partial charge in [-0.05, 0) is 61.7 Å². The van der Waals surface area contributed by atoms with E-state index in [0.717, 1.165) is 45.6 Å². The van der Waals surface area contributed by atoms with Gasteiger partial charge in [-0.3, -0.25) is 0 Å². The maximum atomic E-state index is 12.4. The molecule has 0 unspecified atom stereocenters. The summed E-state index contributed by atoms with van der Waals surface area (Å²) in [5.74, 6) is -0.902. The summed E-state index contributed by atoms with van der Waals surface area (Å²) in [6.07, 6.45) is 0.848. The van der Waals surface area contributed by atoms with Crippen molar-refractivity contribution in [3.63, 3.8) is 0 Å². The Hall–Kier alpha value is -3.08. The molecule has 3 aromatic carbocycles. The van der Waals surface area contributed by atoms with E-state index < -0.39 is 5.97 Å². The number of halogens is 1. The molecular formula is C27H27ClN2O2. The van der Waals surface area contributed by atoms with Crippen LogP contribution in [0.5, 0.6) is 0 Å². The van der Waals surface area contributed by atoms with Gasteiger partial charge in [-0.1, -0.05) is 65.7 Å². The molecule has 5 heteroatoms. The van der Waals surface area contributed by atoms with E-state index in [2.05, 4.69) is 37.4 Å². The van der Waals surface area contributed by atoms with Gasteiger partial charge in [0.15, 0.2) is 0 Å². The highest BCUT2D eigenvalue weighted by atomic mass is 35.5. The molecule has 1 aromatic heterocycles. The average Bonchev–Trinajstić information content (AvgIpc) is 3.09. The highest BCUT2D eigenvalue weighted by molar-refractivity contribution is 6.30. The lowest BCUT2D eigenvalue weighted by Crippen LogP contribution is -2.19. The van der Waals surface area contributed by atoms with Crippen molar-refractivity contribution in [2.24, 2.45) is 0 Å².